The van der Waals surface area contributed by atoms with Crippen LogP contribution in [0.3, 0.4) is 0 Å². The number of benzene rings is 1. The van der Waals surface area contributed by atoms with Gasteiger partial charge in [-0.2, -0.15) is 0 Å². The third-order valence-corrected chi connectivity index (χ3v) is 2.09. The van der Waals surface area contributed by atoms with E-state index in [0.29, 0.717) is 12.1 Å². The van der Waals surface area contributed by atoms with Crippen LogP contribution in [0.2, 0.25) is 0 Å². The van der Waals surface area contributed by atoms with E-state index in [1.54, 1.807) is 12.1 Å². The molecule has 0 saturated heterocycles. The molecule has 1 amide bonds. The zero-order chi connectivity index (χ0) is 9.14. The fourth-order valence-corrected chi connectivity index (χ4v) is 1.03. The number of hydrogen-bond acceptors (Lipinski definition) is 3. The first-order chi connectivity index (χ1) is 5.65. The molecule has 1 rings (SSSR count). The molecule has 0 radical (unpaired) electrons. The number of carbonyl (C=O) groups excluding carboxylic acids is 1. The maximum Gasteiger partial charge on any atom is 0.228 e. The number of carbonyl (C=O) groups is 1. The number of rotatable bonds is 2. The number of thiol groups is 1. The second-order valence-corrected chi connectivity index (χ2v) is 2.97. The fourth-order valence-electron chi connectivity index (χ4n) is 0.819. The molecule has 0 saturated carbocycles. The standard InChI is InChI=1S/C8H10N2OS/c1-6-2-3-7(4-8(6)12)10(9)5-11/h2-5,12H,9H2,1H3. The number of nitrogens with two attached hydrogens (primary N) is 1. The van der Waals surface area contributed by atoms with Gasteiger partial charge in [-0.3, -0.25) is 9.80 Å². The molecule has 1 aromatic carbocycles. The SMILES string of the molecule is Cc1ccc(N(N)C=O)cc1S. The average Bonchev–Trinajstić information content (AvgIpc) is 2.08. The lowest BCUT2D eigenvalue weighted by atomic mass is 10.2. The predicted octanol–water partition coefficient (Wildman–Crippen LogP) is 1.12. The maximum atomic E-state index is 10.3. The van der Waals surface area contributed by atoms with E-state index in [1.165, 1.54) is 0 Å². The molecule has 0 heterocycles. The molecular formula is C8H10N2OS. The molecule has 12 heavy (non-hydrogen) atoms. The van der Waals surface area contributed by atoms with Crippen LogP contribution < -0.4 is 10.9 Å². The lowest BCUT2D eigenvalue weighted by Gasteiger charge is -2.10. The Morgan fingerprint density at radius 3 is 2.75 bits per heavy atom. The van der Waals surface area contributed by atoms with Crippen LogP contribution >= 0.6 is 12.6 Å². The largest absolute Gasteiger partial charge is 0.277 e. The summed E-state index contributed by atoms with van der Waals surface area (Å²) >= 11 is 4.20. The van der Waals surface area contributed by atoms with Gasteiger partial charge in [0.2, 0.25) is 6.41 Å². The summed E-state index contributed by atoms with van der Waals surface area (Å²) in [7, 11) is 0. The van der Waals surface area contributed by atoms with E-state index in [0.717, 1.165) is 15.5 Å². The van der Waals surface area contributed by atoms with Crippen molar-refractivity contribution < 1.29 is 4.79 Å². The summed E-state index contributed by atoms with van der Waals surface area (Å²) in [4.78, 5) is 11.1. The number of hydrazine groups is 1. The minimum atomic E-state index is 0.553. The molecular weight excluding hydrogens is 172 g/mol. The normalized spacial score (nSPS) is 9.58. The van der Waals surface area contributed by atoms with Gasteiger partial charge in [0.05, 0.1) is 5.69 Å². The molecule has 0 aliphatic heterocycles. The lowest BCUT2D eigenvalue weighted by molar-refractivity contribution is -0.107. The Kier molecular flexibility index (Phi) is 2.73. The first-order valence-electron chi connectivity index (χ1n) is 3.44. The van der Waals surface area contributed by atoms with E-state index < -0.39 is 0 Å². The maximum absolute atomic E-state index is 10.3. The smallest absolute Gasteiger partial charge is 0.228 e. The van der Waals surface area contributed by atoms with Crippen LogP contribution in [0.5, 0.6) is 0 Å². The molecule has 0 aromatic heterocycles. The minimum absolute atomic E-state index is 0.553. The number of nitrogens with zero attached hydrogens (tertiary/aromatic N) is 1. The van der Waals surface area contributed by atoms with E-state index in [4.69, 9.17) is 5.84 Å². The van der Waals surface area contributed by atoms with Gasteiger partial charge in [0, 0.05) is 4.90 Å². The van der Waals surface area contributed by atoms with Gasteiger partial charge in [0.15, 0.2) is 0 Å². The zero-order valence-corrected chi connectivity index (χ0v) is 7.58. The zero-order valence-electron chi connectivity index (χ0n) is 6.69. The molecule has 2 N–H and O–H groups in total. The first-order valence-corrected chi connectivity index (χ1v) is 3.88. The molecule has 3 nitrogen and oxygen atoms in total. The van der Waals surface area contributed by atoms with E-state index in [1.807, 2.05) is 13.0 Å². The van der Waals surface area contributed by atoms with Crippen molar-refractivity contribution in [2.24, 2.45) is 5.84 Å². The van der Waals surface area contributed by atoms with Gasteiger partial charge in [-0.15, -0.1) is 12.6 Å². The number of amides is 1. The highest BCUT2D eigenvalue weighted by atomic mass is 32.1. The Morgan fingerprint density at radius 1 is 1.58 bits per heavy atom. The van der Waals surface area contributed by atoms with Gasteiger partial charge in [-0.25, -0.2) is 5.84 Å². The van der Waals surface area contributed by atoms with Gasteiger partial charge in [-0.1, -0.05) is 6.07 Å². The monoisotopic (exact) mass is 182 g/mol. The van der Waals surface area contributed by atoms with E-state index >= 15 is 0 Å². The van der Waals surface area contributed by atoms with Gasteiger partial charge in [-0.05, 0) is 24.6 Å². The van der Waals surface area contributed by atoms with Crippen molar-refractivity contribution in [3.8, 4) is 0 Å². The van der Waals surface area contributed by atoms with Crippen LogP contribution in [0.4, 0.5) is 5.69 Å². The van der Waals surface area contributed by atoms with Crippen LogP contribution in [-0.2, 0) is 4.79 Å². The van der Waals surface area contributed by atoms with Crippen molar-refractivity contribution in [1.82, 2.24) is 0 Å². The van der Waals surface area contributed by atoms with Gasteiger partial charge in [0.1, 0.15) is 0 Å². The Hall–Kier alpha value is -1.00. The van der Waals surface area contributed by atoms with Crippen molar-refractivity contribution in [3.63, 3.8) is 0 Å². The third kappa shape index (κ3) is 1.78. The summed E-state index contributed by atoms with van der Waals surface area (Å²) in [5, 5.41) is 1.01. The summed E-state index contributed by atoms with van der Waals surface area (Å²) in [5.74, 6) is 5.34. The molecule has 0 unspecified atom stereocenters. The molecule has 0 aliphatic rings. The van der Waals surface area contributed by atoms with Crippen molar-refractivity contribution in [2.45, 2.75) is 11.8 Å². The highest BCUT2D eigenvalue weighted by Crippen LogP contribution is 2.19. The van der Waals surface area contributed by atoms with Gasteiger partial charge in [0.25, 0.3) is 0 Å². The lowest BCUT2D eigenvalue weighted by Crippen LogP contribution is -2.28. The minimum Gasteiger partial charge on any atom is -0.277 e. The Morgan fingerprint density at radius 2 is 2.25 bits per heavy atom. The molecule has 1 aromatic rings. The summed E-state index contributed by atoms with van der Waals surface area (Å²) in [5.41, 5.74) is 1.70. The average molecular weight is 182 g/mol. The van der Waals surface area contributed by atoms with Crippen molar-refractivity contribution in [3.05, 3.63) is 23.8 Å². The highest BCUT2D eigenvalue weighted by molar-refractivity contribution is 7.80. The van der Waals surface area contributed by atoms with Gasteiger partial charge >= 0.3 is 0 Å². The quantitative estimate of drug-likeness (QED) is 0.237. The second kappa shape index (κ2) is 3.60. The summed E-state index contributed by atoms with van der Waals surface area (Å²) < 4.78 is 0. The molecule has 0 bridgehead atoms. The molecule has 0 spiro atoms. The van der Waals surface area contributed by atoms with E-state index in [9.17, 15) is 4.79 Å². The van der Waals surface area contributed by atoms with E-state index in [2.05, 4.69) is 12.6 Å². The second-order valence-electron chi connectivity index (χ2n) is 2.48. The number of anilines is 1. The Bertz CT molecular complexity index is 301. The van der Waals surface area contributed by atoms with Crippen LogP contribution in [0.25, 0.3) is 0 Å². The van der Waals surface area contributed by atoms with E-state index in [-0.39, 0.29) is 0 Å². The number of hydrogen-bond donors (Lipinski definition) is 2. The van der Waals surface area contributed by atoms with Crippen LogP contribution in [0.1, 0.15) is 5.56 Å². The predicted molar refractivity (Wildman–Crippen MR) is 51.2 cm³/mol. The molecule has 0 fully saturated rings. The Labute approximate surface area is 76.5 Å². The van der Waals surface area contributed by atoms with Gasteiger partial charge < -0.3 is 0 Å². The van der Waals surface area contributed by atoms with Crippen molar-refractivity contribution >= 4 is 24.7 Å². The third-order valence-electron chi connectivity index (χ3n) is 1.60. The molecule has 4 heteroatoms. The van der Waals surface area contributed by atoms with Crippen molar-refractivity contribution in [2.75, 3.05) is 5.01 Å². The van der Waals surface area contributed by atoms with Crippen LogP contribution in [-0.4, -0.2) is 6.41 Å². The molecule has 0 atom stereocenters. The van der Waals surface area contributed by atoms with Crippen molar-refractivity contribution in [1.29, 1.82) is 0 Å². The summed E-state index contributed by atoms with van der Waals surface area (Å²) in [6, 6.07) is 5.37. The first kappa shape index (κ1) is 9.09. The summed E-state index contributed by atoms with van der Waals surface area (Å²) in [6.45, 7) is 1.94. The molecule has 0 aliphatic carbocycles. The Balaban J connectivity index is 3.04. The van der Waals surface area contributed by atoms with Crippen LogP contribution in [0, 0.1) is 6.92 Å². The molecule has 64 valence electrons. The topological polar surface area (TPSA) is 46.3 Å². The summed E-state index contributed by atoms with van der Waals surface area (Å²) in [6.07, 6.45) is 0.553. The number of aryl methyl sites for hydroxylation is 1. The highest BCUT2D eigenvalue weighted by Gasteiger charge is 2.00. The van der Waals surface area contributed by atoms with Crippen LogP contribution in [0.15, 0.2) is 23.1 Å². The fraction of sp³-hybridized carbons (Fsp3) is 0.125.